The van der Waals surface area contributed by atoms with Gasteiger partial charge in [0.2, 0.25) is 5.91 Å². The number of rotatable bonds is 4. The van der Waals surface area contributed by atoms with Crippen LogP contribution in [0.3, 0.4) is 0 Å². The van der Waals surface area contributed by atoms with E-state index in [0.717, 1.165) is 22.2 Å². The summed E-state index contributed by atoms with van der Waals surface area (Å²) in [6.07, 6.45) is 0.283. The molecule has 5 heteroatoms. The van der Waals surface area contributed by atoms with Crippen molar-refractivity contribution < 1.29 is 9.53 Å². The summed E-state index contributed by atoms with van der Waals surface area (Å²) >= 11 is 6.01. The number of hydrogen-bond donors (Lipinski definition) is 2. The highest BCUT2D eigenvalue weighted by atomic mass is 35.5. The maximum Gasteiger partial charge on any atom is 0.228 e. The third-order valence-corrected chi connectivity index (χ3v) is 4.28. The van der Waals surface area contributed by atoms with E-state index in [1.54, 1.807) is 25.3 Å². The Morgan fingerprint density at radius 3 is 2.75 bits per heavy atom. The van der Waals surface area contributed by atoms with Gasteiger partial charge in [-0.25, -0.2) is 0 Å². The fourth-order valence-electron chi connectivity index (χ4n) is 2.86. The Balaban J connectivity index is 1.87. The van der Waals surface area contributed by atoms with Gasteiger partial charge in [0.05, 0.1) is 19.2 Å². The molecule has 2 aromatic carbocycles. The molecule has 0 aliphatic rings. The molecule has 1 amide bonds. The number of carbonyl (C=O) groups is 1. The molecular weight excluding hydrogens is 324 g/mol. The Bertz CT molecular complexity index is 915. The summed E-state index contributed by atoms with van der Waals surface area (Å²) in [7, 11) is 1.56. The number of aryl methyl sites for hydroxylation is 2. The lowest BCUT2D eigenvalue weighted by Gasteiger charge is -2.10. The van der Waals surface area contributed by atoms with Crippen LogP contribution in [-0.4, -0.2) is 18.0 Å². The molecule has 0 atom stereocenters. The zero-order chi connectivity index (χ0) is 17.3. The molecule has 0 fully saturated rings. The minimum Gasteiger partial charge on any atom is -0.495 e. The number of anilines is 1. The van der Waals surface area contributed by atoms with Gasteiger partial charge in [0.25, 0.3) is 0 Å². The second kappa shape index (κ2) is 6.57. The number of amides is 1. The Kier molecular flexibility index (Phi) is 4.49. The van der Waals surface area contributed by atoms with Crippen LogP contribution in [0.4, 0.5) is 5.69 Å². The third kappa shape index (κ3) is 3.24. The molecule has 0 spiro atoms. The van der Waals surface area contributed by atoms with Crippen LogP contribution in [0, 0.1) is 13.8 Å². The van der Waals surface area contributed by atoms with Crippen molar-refractivity contribution in [1.29, 1.82) is 0 Å². The van der Waals surface area contributed by atoms with Gasteiger partial charge in [-0.1, -0.05) is 23.2 Å². The van der Waals surface area contributed by atoms with Gasteiger partial charge in [-0.05, 0) is 49.7 Å². The van der Waals surface area contributed by atoms with Crippen molar-refractivity contribution in [2.45, 2.75) is 20.3 Å². The fourth-order valence-corrected chi connectivity index (χ4v) is 3.03. The summed E-state index contributed by atoms with van der Waals surface area (Å²) in [5, 5.41) is 4.52. The van der Waals surface area contributed by atoms with Crippen LogP contribution in [0.5, 0.6) is 5.75 Å². The molecule has 0 aliphatic heterocycles. The van der Waals surface area contributed by atoms with E-state index in [4.69, 9.17) is 16.3 Å². The molecule has 1 heterocycles. The average molecular weight is 343 g/mol. The van der Waals surface area contributed by atoms with E-state index in [-0.39, 0.29) is 12.3 Å². The first-order chi connectivity index (χ1) is 11.5. The van der Waals surface area contributed by atoms with Crippen LogP contribution in [0.1, 0.15) is 16.8 Å². The van der Waals surface area contributed by atoms with E-state index in [0.29, 0.717) is 16.5 Å². The molecule has 3 aromatic rings. The second-order valence-corrected chi connectivity index (χ2v) is 6.28. The van der Waals surface area contributed by atoms with Crippen LogP contribution in [-0.2, 0) is 11.2 Å². The molecule has 3 rings (SSSR count). The van der Waals surface area contributed by atoms with Crippen molar-refractivity contribution in [3.05, 3.63) is 58.2 Å². The van der Waals surface area contributed by atoms with Crippen molar-refractivity contribution in [3.8, 4) is 5.75 Å². The number of hydrogen-bond acceptors (Lipinski definition) is 2. The summed E-state index contributed by atoms with van der Waals surface area (Å²) in [6, 6.07) is 11.3. The number of carbonyl (C=O) groups excluding carboxylic acids is 1. The molecule has 2 N–H and O–H groups in total. The van der Waals surface area contributed by atoms with E-state index in [2.05, 4.69) is 22.4 Å². The zero-order valence-electron chi connectivity index (χ0n) is 13.9. The summed E-state index contributed by atoms with van der Waals surface area (Å²) in [5.41, 5.74) is 4.79. The topological polar surface area (TPSA) is 54.1 Å². The summed E-state index contributed by atoms with van der Waals surface area (Å²) < 4.78 is 5.27. The lowest BCUT2D eigenvalue weighted by Crippen LogP contribution is -2.15. The van der Waals surface area contributed by atoms with Crippen molar-refractivity contribution in [2.75, 3.05) is 12.4 Å². The second-order valence-electron chi connectivity index (χ2n) is 5.85. The Morgan fingerprint density at radius 1 is 1.21 bits per heavy atom. The fraction of sp³-hybridized carbons (Fsp3) is 0.211. The summed E-state index contributed by atoms with van der Waals surface area (Å²) in [4.78, 5) is 15.8. The quantitative estimate of drug-likeness (QED) is 0.726. The molecule has 1 aromatic heterocycles. The highest BCUT2D eigenvalue weighted by Gasteiger charge is 2.14. The van der Waals surface area contributed by atoms with Crippen molar-refractivity contribution >= 4 is 34.1 Å². The van der Waals surface area contributed by atoms with Gasteiger partial charge in [-0.3, -0.25) is 4.79 Å². The molecule has 0 saturated heterocycles. The van der Waals surface area contributed by atoms with E-state index in [1.807, 2.05) is 19.9 Å². The normalized spacial score (nSPS) is 10.8. The number of aromatic nitrogens is 1. The van der Waals surface area contributed by atoms with E-state index in [9.17, 15) is 4.79 Å². The molecule has 4 nitrogen and oxygen atoms in total. The predicted octanol–water partition coefficient (Wildman–Crippen LogP) is 4.63. The number of methoxy groups -OCH3 is 1. The van der Waals surface area contributed by atoms with Gasteiger partial charge in [0.1, 0.15) is 5.75 Å². The molecule has 0 bridgehead atoms. The number of ether oxygens (including phenoxy) is 1. The molecule has 124 valence electrons. The summed E-state index contributed by atoms with van der Waals surface area (Å²) in [5.74, 6) is 0.473. The van der Waals surface area contributed by atoms with E-state index in [1.165, 1.54) is 5.56 Å². The van der Waals surface area contributed by atoms with Gasteiger partial charge < -0.3 is 15.0 Å². The molecule has 0 aliphatic carbocycles. The van der Waals surface area contributed by atoms with Gasteiger partial charge in [-0.15, -0.1) is 0 Å². The molecule has 0 radical (unpaired) electrons. The Morgan fingerprint density at radius 2 is 2.00 bits per heavy atom. The lowest BCUT2D eigenvalue weighted by atomic mass is 10.1. The Hall–Kier alpha value is -2.46. The van der Waals surface area contributed by atoms with E-state index >= 15 is 0 Å². The average Bonchev–Trinajstić information content (AvgIpc) is 2.83. The standard InChI is InChI=1S/C19H19ClN2O2/c1-11-4-6-16-15(8-11)14(12(2)21-16)10-19(23)22-17-9-13(20)5-7-18(17)24-3/h4-9,21H,10H2,1-3H3,(H,22,23). The zero-order valence-corrected chi connectivity index (χ0v) is 14.6. The van der Waals surface area contributed by atoms with Gasteiger partial charge in [0.15, 0.2) is 0 Å². The number of aromatic amines is 1. The first kappa shape index (κ1) is 16.4. The van der Waals surface area contributed by atoms with Gasteiger partial charge in [0, 0.05) is 21.6 Å². The van der Waals surface area contributed by atoms with E-state index < -0.39 is 0 Å². The summed E-state index contributed by atoms with van der Waals surface area (Å²) in [6.45, 7) is 4.03. The smallest absolute Gasteiger partial charge is 0.228 e. The largest absolute Gasteiger partial charge is 0.495 e. The molecule has 24 heavy (non-hydrogen) atoms. The number of halogens is 1. The maximum atomic E-state index is 12.5. The molecule has 0 saturated carbocycles. The first-order valence-corrected chi connectivity index (χ1v) is 8.07. The first-order valence-electron chi connectivity index (χ1n) is 7.69. The monoisotopic (exact) mass is 342 g/mol. The van der Waals surface area contributed by atoms with Gasteiger partial charge >= 0.3 is 0 Å². The number of fused-ring (bicyclic) bond motifs is 1. The minimum absolute atomic E-state index is 0.110. The van der Waals surface area contributed by atoms with Crippen LogP contribution in [0.2, 0.25) is 5.02 Å². The Labute approximate surface area is 145 Å². The van der Waals surface area contributed by atoms with Crippen molar-refractivity contribution in [3.63, 3.8) is 0 Å². The number of nitrogens with one attached hydrogen (secondary N) is 2. The van der Waals surface area contributed by atoms with Crippen LogP contribution in [0.25, 0.3) is 10.9 Å². The van der Waals surface area contributed by atoms with Crippen LogP contribution < -0.4 is 10.1 Å². The number of H-pyrrole nitrogens is 1. The van der Waals surface area contributed by atoms with Crippen LogP contribution >= 0.6 is 11.6 Å². The van der Waals surface area contributed by atoms with Crippen molar-refractivity contribution in [1.82, 2.24) is 4.98 Å². The maximum absolute atomic E-state index is 12.5. The highest BCUT2D eigenvalue weighted by molar-refractivity contribution is 6.31. The minimum atomic E-state index is -0.110. The lowest BCUT2D eigenvalue weighted by molar-refractivity contribution is -0.115. The van der Waals surface area contributed by atoms with Crippen molar-refractivity contribution in [2.24, 2.45) is 0 Å². The van der Waals surface area contributed by atoms with Crippen LogP contribution in [0.15, 0.2) is 36.4 Å². The van der Waals surface area contributed by atoms with Gasteiger partial charge in [-0.2, -0.15) is 0 Å². The molecule has 0 unspecified atom stereocenters. The number of benzene rings is 2. The predicted molar refractivity (Wildman–Crippen MR) is 98.1 cm³/mol. The SMILES string of the molecule is COc1ccc(Cl)cc1NC(=O)Cc1c(C)[nH]c2ccc(C)cc12. The molecular formula is C19H19ClN2O2. The highest BCUT2D eigenvalue weighted by Crippen LogP contribution is 2.29. The third-order valence-electron chi connectivity index (χ3n) is 4.05.